The van der Waals surface area contributed by atoms with Crippen molar-refractivity contribution >= 4 is 5.97 Å². The van der Waals surface area contributed by atoms with Crippen molar-refractivity contribution in [3.63, 3.8) is 0 Å². The molecule has 0 aliphatic carbocycles. The van der Waals surface area contributed by atoms with Gasteiger partial charge in [-0.3, -0.25) is 0 Å². The Morgan fingerprint density at radius 3 is 3.05 bits per heavy atom. The predicted molar refractivity (Wildman–Crippen MR) is 67.8 cm³/mol. The summed E-state index contributed by atoms with van der Waals surface area (Å²) in [6.07, 6.45) is 3.52. The van der Waals surface area contributed by atoms with Crippen LogP contribution >= 0.6 is 0 Å². The van der Waals surface area contributed by atoms with Crippen LogP contribution in [0.5, 0.6) is 0 Å². The van der Waals surface area contributed by atoms with Crippen LogP contribution in [0.1, 0.15) is 42.5 Å². The van der Waals surface area contributed by atoms with E-state index in [9.17, 15) is 4.79 Å². The van der Waals surface area contributed by atoms with Gasteiger partial charge in [-0.1, -0.05) is 12.1 Å². The molecule has 2 rings (SSSR count). The average molecular weight is 263 g/mol. The third-order valence-electron chi connectivity index (χ3n) is 2.60. The van der Waals surface area contributed by atoms with Crippen LogP contribution in [0, 0.1) is 0 Å². The van der Waals surface area contributed by atoms with Gasteiger partial charge in [0.1, 0.15) is 5.69 Å². The third kappa shape index (κ3) is 3.21. The maximum absolute atomic E-state index is 11.7. The molecule has 0 unspecified atom stereocenters. The first-order chi connectivity index (χ1) is 9.24. The fraction of sp³-hybridized carbons (Fsp3) is 0.462. The molecular weight excluding hydrogens is 246 g/mol. The monoisotopic (exact) mass is 263 g/mol. The van der Waals surface area contributed by atoms with Crippen molar-refractivity contribution < 1.29 is 14.1 Å². The maximum atomic E-state index is 11.7. The summed E-state index contributed by atoms with van der Waals surface area (Å²) in [5, 5.41) is 3.90. The highest BCUT2D eigenvalue weighted by molar-refractivity contribution is 5.87. The number of carbonyl (C=O) groups excluding carboxylic acids is 1. The van der Waals surface area contributed by atoms with Crippen molar-refractivity contribution in [3.05, 3.63) is 35.7 Å². The molecule has 0 saturated carbocycles. The van der Waals surface area contributed by atoms with E-state index in [1.54, 1.807) is 29.8 Å². The smallest absolute Gasteiger partial charge is 0.354 e. The number of esters is 1. The number of aryl methyl sites for hydroxylation is 1. The van der Waals surface area contributed by atoms with Crippen LogP contribution in [0.25, 0.3) is 0 Å². The van der Waals surface area contributed by atoms with E-state index < -0.39 is 0 Å². The fourth-order valence-corrected chi connectivity index (χ4v) is 1.76. The number of hydrogen-bond acceptors (Lipinski definition) is 5. The maximum Gasteiger partial charge on any atom is 0.354 e. The molecule has 0 saturated heterocycles. The highest BCUT2D eigenvalue weighted by Crippen LogP contribution is 2.08. The van der Waals surface area contributed by atoms with Gasteiger partial charge in [-0.2, -0.15) is 4.98 Å². The minimum absolute atomic E-state index is 0.343. The summed E-state index contributed by atoms with van der Waals surface area (Å²) in [7, 11) is 0. The summed E-state index contributed by atoms with van der Waals surface area (Å²) < 4.78 is 11.8. The second-order valence-electron chi connectivity index (χ2n) is 4.10. The zero-order valence-electron chi connectivity index (χ0n) is 11.1. The van der Waals surface area contributed by atoms with Gasteiger partial charge in [-0.25, -0.2) is 4.79 Å². The van der Waals surface area contributed by atoms with Gasteiger partial charge in [0.15, 0.2) is 5.82 Å². The zero-order valence-corrected chi connectivity index (χ0v) is 11.1. The van der Waals surface area contributed by atoms with Crippen LogP contribution < -0.4 is 0 Å². The van der Waals surface area contributed by atoms with Gasteiger partial charge in [0.25, 0.3) is 0 Å². The first-order valence-electron chi connectivity index (χ1n) is 6.38. The molecule has 0 atom stereocenters. The molecule has 2 aromatic heterocycles. The fourth-order valence-electron chi connectivity index (χ4n) is 1.76. The molecule has 0 N–H and O–H groups in total. The molecule has 6 heteroatoms. The van der Waals surface area contributed by atoms with E-state index in [1.807, 2.05) is 0 Å². The molecule has 6 nitrogen and oxygen atoms in total. The Morgan fingerprint density at radius 1 is 1.47 bits per heavy atom. The van der Waals surface area contributed by atoms with Crippen LogP contribution in [-0.2, 0) is 17.7 Å². The van der Waals surface area contributed by atoms with Crippen molar-refractivity contribution in [2.45, 2.75) is 33.2 Å². The third-order valence-corrected chi connectivity index (χ3v) is 2.60. The standard InChI is InChI=1S/C13H17N3O3/c1-3-6-12-14-11(15-19-12)9-16-8-5-7-10(16)13(17)18-4-2/h5,7-8H,3-4,6,9H2,1-2H3. The van der Waals surface area contributed by atoms with Crippen LogP contribution in [0.15, 0.2) is 22.9 Å². The largest absolute Gasteiger partial charge is 0.461 e. The van der Waals surface area contributed by atoms with Gasteiger partial charge >= 0.3 is 5.97 Å². The Morgan fingerprint density at radius 2 is 2.32 bits per heavy atom. The van der Waals surface area contributed by atoms with Crippen molar-refractivity contribution in [2.75, 3.05) is 6.61 Å². The normalized spacial score (nSPS) is 10.6. The quantitative estimate of drug-likeness (QED) is 0.746. The predicted octanol–water partition coefficient (Wildman–Crippen LogP) is 2.05. The van der Waals surface area contributed by atoms with Crippen molar-refractivity contribution in [3.8, 4) is 0 Å². The Balaban J connectivity index is 2.10. The van der Waals surface area contributed by atoms with Gasteiger partial charge in [0.05, 0.1) is 13.2 Å². The van der Waals surface area contributed by atoms with Gasteiger partial charge in [0.2, 0.25) is 5.89 Å². The number of hydrogen-bond donors (Lipinski definition) is 0. The molecule has 0 spiro atoms. The first-order valence-corrected chi connectivity index (χ1v) is 6.38. The summed E-state index contributed by atoms with van der Waals surface area (Å²) in [6.45, 7) is 4.58. The highest BCUT2D eigenvalue weighted by Gasteiger charge is 2.14. The van der Waals surface area contributed by atoms with Gasteiger partial charge in [-0.05, 0) is 25.5 Å². The molecule has 0 radical (unpaired) electrons. The lowest BCUT2D eigenvalue weighted by molar-refractivity contribution is 0.0514. The number of aromatic nitrogens is 3. The number of carbonyl (C=O) groups is 1. The van der Waals surface area contributed by atoms with E-state index in [4.69, 9.17) is 9.26 Å². The molecule has 0 aromatic carbocycles. The minimum Gasteiger partial charge on any atom is -0.461 e. The Labute approximate surface area is 111 Å². The van der Waals surface area contributed by atoms with Crippen LogP contribution in [0.3, 0.4) is 0 Å². The van der Waals surface area contributed by atoms with E-state index in [1.165, 1.54) is 0 Å². The number of ether oxygens (including phenoxy) is 1. The van der Waals surface area contributed by atoms with Crippen LogP contribution in [0.4, 0.5) is 0 Å². The summed E-state index contributed by atoms with van der Waals surface area (Å²) in [5.74, 6) is 0.845. The number of rotatable bonds is 6. The summed E-state index contributed by atoms with van der Waals surface area (Å²) in [4.78, 5) is 16.0. The molecule has 102 valence electrons. The summed E-state index contributed by atoms with van der Waals surface area (Å²) in [6, 6.07) is 3.50. The Hall–Kier alpha value is -2.11. The molecule has 2 heterocycles. The SMILES string of the molecule is CCCc1nc(Cn2cccc2C(=O)OCC)no1. The molecule has 0 aliphatic rings. The van der Waals surface area contributed by atoms with E-state index in [0.29, 0.717) is 30.6 Å². The lowest BCUT2D eigenvalue weighted by Crippen LogP contribution is -2.12. The molecule has 0 aliphatic heterocycles. The van der Waals surface area contributed by atoms with E-state index in [0.717, 1.165) is 12.8 Å². The molecule has 0 amide bonds. The molecule has 0 fully saturated rings. The highest BCUT2D eigenvalue weighted by atomic mass is 16.5. The summed E-state index contributed by atoms with van der Waals surface area (Å²) in [5.41, 5.74) is 0.490. The Bertz CT molecular complexity index is 545. The molecular formula is C13H17N3O3. The molecule has 0 bridgehead atoms. The Kier molecular flexibility index (Phi) is 4.33. The van der Waals surface area contributed by atoms with Crippen LogP contribution in [0.2, 0.25) is 0 Å². The van der Waals surface area contributed by atoms with E-state index in [2.05, 4.69) is 17.1 Å². The van der Waals surface area contributed by atoms with Crippen molar-refractivity contribution in [1.29, 1.82) is 0 Å². The van der Waals surface area contributed by atoms with Crippen molar-refractivity contribution in [1.82, 2.24) is 14.7 Å². The van der Waals surface area contributed by atoms with E-state index >= 15 is 0 Å². The number of nitrogens with zero attached hydrogens (tertiary/aromatic N) is 3. The second-order valence-corrected chi connectivity index (χ2v) is 4.10. The lowest BCUT2D eigenvalue weighted by Gasteiger charge is -2.05. The van der Waals surface area contributed by atoms with Gasteiger partial charge < -0.3 is 13.8 Å². The summed E-state index contributed by atoms with van der Waals surface area (Å²) >= 11 is 0. The molecule has 2 aromatic rings. The van der Waals surface area contributed by atoms with Gasteiger partial charge in [-0.15, -0.1) is 0 Å². The first kappa shape index (κ1) is 13.3. The zero-order chi connectivity index (χ0) is 13.7. The van der Waals surface area contributed by atoms with E-state index in [-0.39, 0.29) is 5.97 Å². The van der Waals surface area contributed by atoms with Crippen molar-refractivity contribution in [2.24, 2.45) is 0 Å². The minimum atomic E-state index is -0.343. The molecule has 19 heavy (non-hydrogen) atoms. The van der Waals surface area contributed by atoms with Gasteiger partial charge in [0, 0.05) is 12.6 Å². The average Bonchev–Trinajstić information content (AvgIpc) is 3.00. The lowest BCUT2D eigenvalue weighted by atomic mass is 10.3. The van der Waals surface area contributed by atoms with Crippen LogP contribution in [-0.4, -0.2) is 27.3 Å². The second kappa shape index (κ2) is 6.17. The topological polar surface area (TPSA) is 70.2 Å².